The average Bonchev–Trinajstić information content (AvgIpc) is 3.16. The number of hydrogen-bond acceptors (Lipinski definition) is 5. The molecule has 0 aromatic heterocycles. The van der Waals surface area contributed by atoms with Crippen LogP contribution in [0.3, 0.4) is 0 Å². The van der Waals surface area contributed by atoms with Gasteiger partial charge < -0.3 is 14.6 Å². The highest BCUT2D eigenvalue weighted by Gasteiger charge is 2.65. The highest BCUT2D eigenvalue weighted by molar-refractivity contribution is 9.10. The molecule has 2 heterocycles. The number of fused-ring (bicyclic) bond motifs is 1. The molecule has 3 atom stereocenters. The van der Waals surface area contributed by atoms with Crippen LogP contribution in [0.2, 0.25) is 0 Å². The minimum absolute atomic E-state index is 0.0788. The lowest BCUT2D eigenvalue weighted by Gasteiger charge is -2.37. The zero-order valence-corrected chi connectivity index (χ0v) is 19.8. The summed E-state index contributed by atoms with van der Waals surface area (Å²) in [6, 6.07) is 6.22. The molecule has 1 aromatic rings. The second kappa shape index (κ2) is 7.55. The predicted molar refractivity (Wildman–Crippen MR) is 115 cm³/mol. The monoisotopic (exact) mass is 501 g/mol. The summed E-state index contributed by atoms with van der Waals surface area (Å²) < 4.78 is 39.1. The SMILES string of the molecule is Cc1cc(C2CCN(S(=O)(=O)[C@]3(C(=O)O)C[C@@H]4OC(C)(C)O[C@@H]4C3)CC2)ccc1Br. The number of aryl methyl sites for hydroxylation is 1. The normalized spacial score (nSPS) is 32.3. The first kappa shape index (κ1) is 22.2. The third-order valence-electron chi connectivity index (χ3n) is 6.68. The zero-order chi connectivity index (χ0) is 21.9. The van der Waals surface area contributed by atoms with Crippen LogP contribution in [0.25, 0.3) is 0 Å². The second-order valence-electron chi connectivity index (χ2n) is 9.11. The molecule has 3 fully saturated rings. The number of benzene rings is 1. The topological polar surface area (TPSA) is 93.1 Å². The van der Waals surface area contributed by atoms with Gasteiger partial charge in [-0.3, -0.25) is 4.79 Å². The van der Waals surface area contributed by atoms with Crippen LogP contribution in [0.15, 0.2) is 22.7 Å². The maximum Gasteiger partial charge on any atom is 0.326 e. The van der Waals surface area contributed by atoms with E-state index in [4.69, 9.17) is 9.47 Å². The molecule has 9 heteroatoms. The van der Waals surface area contributed by atoms with Gasteiger partial charge in [0, 0.05) is 30.4 Å². The van der Waals surface area contributed by atoms with E-state index in [2.05, 4.69) is 28.1 Å². The summed E-state index contributed by atoms with van der Waals surface area (Å²) in [5, 5.41) is 9.98. The Morgan fingerprint density at radius 2 is 1.73 bits per heavy atom. The first-order valence-corrected chi connectivity index (χ1v) is 12.5. The molecule has 2 aliphatic heterocycles. The summed E-state index contributed by atoms with van der Waals surface area (Å²) in [5.74, 6) is -1.86. The minimum atomic E-state index is -4.06. The van der Waals surface area contributed by atoms with Gasteiger partial charge in [0.05, 0.1) is 12.2 Å². The van der Waals surface area contributed by atoms with Crippen LogP contribution in [-0.4, -0.2) is 59.6 Å². The van der Waals surface area contributed by atoms with E-state index in [0.29, 0.717) is 25.9 Å². The number of sulfonamides is 1. The molecule has 0 unspecified atom stereocenters. The van der Waals surface area contributed by atoms with Gasteiger partial charge in [0.1, 0.15) is 0 Å². The van der Waals surface area contributed by atoms with Gasteiger partial charge >= 0.3 is 5.97 Å². The smallest absolute Gasteiger partial charge is 0.326 e. The fourth-order valence-electron chi connectivity index (χ4n) is 5.08. The quantitative estimate of drug-likeness (QED) is 0.679. The van der Waals surface area contributed by atoms with Gasteiger partial charge in [-0.15, -0.1) is 0 Å². The largest absolute Gasteiger partial charge is 0.480 e. The number of halogens is 1. The third-order valence-corrected chi connectivity index (χ3v) is 10.1. The molecule has 0 radical (unpaired) electrons. The zero-order valence-electron chi connectivity index (χ0n) is 17.4. The van der Waals surface area contributed by atoms with Gasteiger partial charge in [-0.1, -0.05) is 28.1 Å². The van der Waals surface area contributed by atoms with Crippen molar-refractivity contribution in [3.05, 3.63) is 33.8 Å². The number of piperidine rings is 1. The van der Waals surface area contributed by atoms with Crippen molar-refractivity contribution in [1.82, 2.24) is 4.31 Å². The lowest BCUT2D eigenvalue weighted by molar-refractivity contribution is -0.159. The highest BCUT2D eigenvalue weighted by atomic mass is 79.9. The molecule has 2 saturated heterocycles. The summed E-state index contributed by atoms with van der Waals surface area (Å²) >= 11 is 3.51. The third kappa shape index (κ3) is 3.62. The molecule has 7 nitrogen and oxygen atoms in total. The van der Waals surface area contributed by atoms with E-state index < -0.39 is 38.7 Å². The molecule has 0 amide bonds. The highest BCUT2D eigenvalue weighted by Crippen LogP contribution is 2.48. The van der Waals surface area contributed by atoms with Crippen molar-refractivity contribution >= 4 is 31.9 Å². The number of carboxylic acids is 1. The fraction of sp³-hybridized carbons (Fsp3) is 0.667. The molecule has 1 aliphatic carbocycles. The van der Waals surface area contributed by atoms with Gasteiger partial charge in [-0.05, 0) is 56.7 Å². The number of hydrogen-bond donors (Lipinski definition) is 1. The van der Waals surface area contributed by atoms with Crippen molar-refractivity contribution in [2.45, 2.75) is 75.1 Å². The Balaban J connectivity index is 1.51. The fourth-order valence-corrected chi connectivity index (χ4v) is 7.49. The van der Waals surface area contributed by atoms with E-state index in [1.807, 2.05) is 13.0 Å². The van der Waals surface area contributed by atoms with Gasteiger partial charge in [-0.25, -0.2) is 12.7 Å². The van der Waals surface area contributed by atoms with Gasteiger partial charge in [0.15, 0.2) is 10.5 Å². The summed E-state index contributed by atoms with van der Waals surface area (Å²) in [6.07, 6.45) is 0.143. The number of aliphatic carboxylic acids is 1. The summed E-state index contributed by atoms with van der Waals surface area (Å²) in [6.45, 7) is 6.19. The van der Waals surface area contributed by atoms with Gasteiger partial charge in [0.2, 0.25) is 10.0 Å². The number of carbonyl (C=O) groups is 1. The van der Waals surface area contributed by atoms with E-state index in [1.54, 1.807) is 13.8 Å². The maximum atomic E-state index is 13.5. The van der Waals surface area contributed by atoms with Crippen LogP contribution in [0.5, 0.6) is 0 Å². The minimum Gasteiger partial charge on any atom is -0.480 e. The molecular weight excluding hydrogens is 474 g/mol. The molecule has 1 saturated carbocycles. The van der Waals surface area contributed by atoms with Crippen LogP contribution < -0.4 is 0 Å². The molecule has 0 spiro atoms. The van der Waals surface area contributed by atoms with Crippen LogP contribution in [0.4, 0.5) is 0 Å². The van der Waals surface area contributed by atoms with Crippen molar-refractivity contribution in [2.75, 3.05) is 13.1 Å². The standard InChI is InChI=1S/C21H28BrNO6S/c1-13-10-15(4-5-16(13)22)14-6-8-23(9-7-14)30(26,27)21(19(24)25)11-17-18(12-21)29-20(2,3)28-17/h4-5,10,14,17-18H,6-9,11-12H2,1-3H3,(H,24,25)/t17-,18+,21+. The molecule has 30 heavy (non-hydrogen) atoms. The van der Waals surface area contributed by atoms with Crippen LogP contribution in [-0.2, 0) is 24.3 Å². The lowest BCUT2D eigenvalue weighted by Crippen LogP contribution is -2.54. The summed E-state index contributed by atoms with van der Waals surface area (Å²) in [4.78, 5) is 12.2. The molecule has 4 rings (SSSR count). The van der Waals surface area contributed by atoms with Gasteiger partial charge in [-0.2, -0.15) is 0 Å². The first-order valence-electron chi connectivity index (χ1n) is 10.3. The van der Waals surface area contributed by atoms with E-state index in [1.165, 1.54) is 9.87 Å². The van der Waals surface area contributed by atoms with Crippen molar-refractivity contribution in [3.63, 3.8) is 0 Å². The summed E-state index contributed by atoms with van der Waals surface area (Å²) in [7, 11) is -4.06. The van der Waals surface area contributed by atoms with Crippen molar-refractivity contribution in [1.29, 1.82) is 0 Å². The number of rotatable bonds is 4. The number of carboxylic acid groups (broad SMARTS) is 1. The van der Waals surface area contributed by atoms with Gasteiger partial charge in [0.25, 0.3) is 0 Å². The molecule has 1 N–H and O–H groups in total. The van der Waals surface area contributed by atoms with Crippen molar-refractivity contribution in [2.24, 2.45) is 0 Å². The van der Waals surface area contributed by atoms with E-state index >= 15 is 0 Å². The maximum absolute atomic E-state index is 13.5. The van der Waals surface area contributed by atoms with Crippen LogP contribution in [0, 0.1) is 6.92 Å². The molecule has 3 aliphatic rings. The Labute approximate surface area is 185 Å². The molecular formula is C21H28BrNO6S. The van der Waals surface area contributed by atoms with Crippen molar-refractivity contribution < 1.29 is 27.8 Å². The number of ether oxygens (including phenoxy) is 2. The first-order chi connectivity index (χ1) is 13.9. The Morgan fingerprint density at radius 1 is 1.17 bits per heavy atom. The predicted octanol–water partition coefficient (Wildman–Crippen LogP) is 3.40. The second-order valence-corrected chi connectivity index (χ2v) is 12.2. The van der Waals surface area contributed by atoms with Crippen LogP contribution in [0.1, 0.15) is 56.6 Å². The van der Waals surface area contributed by atoms with Crippen molar-refractivity contribution in [3.8, 4) is 0 Å². The van der Waals surface area contributed by atoms with Crippen LogP contribution >= 0.6 is 15.9 Å². The Morgan fingerprint density at radius 3 is 2.23 bits per heavy atom. The molecule has 166 valence electrons. The lowest BCUT2D eigenvalue weighted by atomic mass is 9.89. The number of nitrogens with zero attached hydrogens (tertiary/aromatic N) is 1. The summed E-state index contributed by atoms with van der Waals surface area (Å²) in [5.41, 5.74) is 2.34. The Hall–Kier alpha value is -1.00. The van der Waals surface area contributed by atoms with E-state index in [-0.39, 0.29) is 18.8 Å². The molecule has 1 aromatic carbocycles. The Kier molecular flexibility index (Phi) is 5.59. The molecule has 0 bridgehead atoms. The van der Waals surface area contributed by atoms with E-state index in [0.717, 1.165) is 10.0 Å². The average molecular weight is 502 g/mol. The Bertz CT molecular complexity index is 938. The van der Waals surface area contributed by atoms with E-state index in [9.17, 15) is 18.3 Å².